The standard InChI is InChI=1S/C5H12O.B/c1-2-3-4-5-6;/h6H,2-5H2,1H3;. The van der Waals surface area contributed by atoms with Crippen molar-refractivity contribution < 1.29 is 5.11 Å². The molecule has 0 heterocycles. The molecule has 0 atom stereocenters. The van der Waals surface area contributed by atoms with Gasteiger partial charge in [-0.25, -0.2) is 0 Å². The third-order valence-electron chi connectivity index (χ3n) is 0.762. The Bertz CT molecular complexity index is 20.0. The Morgan fingerprint density at radius 3 is 2.00 bits per heavy atom. The summed E-state index contributed by atoms with van der Waals surface area (Å²) in [6.07, 6.45) is 3.33. The molecule has 0 saturated carbocycles. The maximum atomic E-state index is 8.20. The van der Waals surface area contributed by atoms with Crippen molar-refractivity contribution in [2.24, 2.45) is 0 Å². The van der Waals surface area contributed by atoms with Crippen molar-refractivity contribution in [1.82, 2.24) is 0 Å². The number of unbranched alkanes of at least 4 members (excludes halogenated alkanes) is 2. The molecule has 1 N–H and O–H groups in total. The van der Waals surface area contributed by atoms with E-state index < -0.39 is 0 Å². The quantitative estimate of drug-likeness (QED) is 0.409. The van der Waals surface area contributed by atoms with E-state index in [4.69, 9.17) is 5.11 Å². The van der Waals surface area contributed by atoms with Crippen LogP contribution in [0.4, 0.5) is 0 Å². The number of hydrogen-bond donors (Lipinski definition) is 1. The topological polar surface area (TPSA) is 20.2 Å². The van der Waals surface area contributed by atoms with Gasteiger partial charge in [0.05, 0.1) is 0 Å². The molecule has 7 heavy (non-hydrogen) atoms. The SMILES string of the molecule is CCCCCO.[B]. The Hall–Kier alpha value is 0.0249. The molecule has 0 saturated heterocycles. The molecule has 0 aliphatic carbocycles. The van der Waals surface area contributed by atoms with Gasteiger partial charge in [-0.05, 0) is 6.42 Å². The lowest BCUT2D eigenvalue weighted by Gasteiger charge is -1.85. The Morgan fingerprint density at radius 2 is 1.86 bits per heavy atom. The van der Waals surface area contributed by atoms with Crippen LogP contribution >= 0.6 is 0 Å². The Kier molecular flexibility index (Phi) is 13.5. The molecule has 0 fully saturated rings. The van der Waals surface area contributed by atoms with Gasteiger partial charge in [0.15, 0.2) is 0 Å². The first-order valence-corrected chi connectivity index (χ1v) is 2.52. The number of rotatable bonds is 3. The average Bonchev–Trinajstić information content (AvgIpc) is 1.61. The lowest BCUT2D eigenvalue weighted by Crippen LogP contribution is -1.78. The number of aliphatic hydroxyl groups is 1. The second kappa shape index (κ2) is 9.39. The molecule has 0 aromatic heterocycles. The fourth-order valence-corrected chi connectivity index (χ4v) is 0.362. The molecule has 0 spiro atoms. The van der Waals surface area contributed by atoms with Crippen LogP contribution in [0, 0.1) is 0 Å². The molecule has 0 aromatic carbocycles. The first kappa shape index (κ1) is 10.1. The smallest absolute Gasteiger partial charge is 0.0431 e. The van der Waals surface area contributed by atoms with Gasteiger partial charge in [-0.2, -0.15) is 0 Å². The summed E-state index contributed by atoms with van der Waals surface area (Å²) in [7, 11) is 0. The molecule has 0 bridgehead atoms. The fourth-order valence-electron chi connectivity index (χ4n) is 0.362. The molecule has 0 rings (SSSR count). The molecular formula is C5H12BO. The molecule has 41 valence electrons. The first-order valence-electron chi connectivity index (χ1n) is 2.52. The average molecular weight is 99.0 g/mol. The van der Waals surface area contributed by atoms with E-state index in [1.54, 1.807) is 0 Å². The van der Waals surface area contributed by atoms with Crippen molar-refractivity contribution in [3.8, 4) is 0 Å². The van der Waals surface area contributed by atoms with Gasteiger partial charge < -0.3 is 5.11 Å². The lowest BCUT2D eigenvalue weighted by atomic mass is 10.3. The first-order chi connectivity index (χ1) is 2.91. The van der Waals surface area contributed by atoms with E-state index in [1.807, 2.05) is 0 Å². The minimum Gasteiger partial charge on any atom is -0.396 e. The van der Waals surface area contributed by atoms with Crippen LogP contribution in [0.5, 0.6) is 0 Å². The van der Waals surface area contributed by atoms with Crippen LogP contribution in [0.15, 0.2) is 0 Å². The third kappa shape index (κ3) is 10.7. The van der Waals surface area contributed by atoms with E-state index >= 15 is 0 Å². The van der Waals surface area contributed by atoms with Crippen LogP contribution in [0.3, 0.4) is 0 Å². The van der Waals surface area contributed by atoms with Crippen molar-refractivity contribution in [2.75, 3.05) is 6.61 Å². The molecule has 0 aliphatic rings. The van der Waals surface area contributed by atoms with Gasteiger partial charge in [-0.15, -0.1) is 0 Å². The van der Waals surface area contributed by atoms with Crippen LogP contribution in [-0.4, -0.2) is 20.1 Å². The van der Waals surface area contributed by atoms with E-state index in [1.165, 1.54) is 6.42 Å². The highest BCUT2D eigenvalue weighted by Crippen LogP contribution is 1.89. The largest absolute Gasteiger partial charge is 0.396 e. The molecule has 0 aliphatic heterocycles. The highest BCUT2D eigenvalue weighted by atomic mass is 16.2. The predicted molar refractivity (Wildman–Crippen MR) is 32.4 cm³/mol. The minimum absolute atomic E-state index is 0. The highest BCUT2D eigenvalue weighted by Gasteiger charge is 1.76. The van der Waals surface area contributed by atoms with E-state index in [0.29, 0.717) is 6.61 Å². The van der Waals surface area contributed by atoms with Crippen molar-refractivity contribution in [2.45, 2.75) is 26.2 Å². The normalized spacial score (nSPS) is 7.71. The van der Waals surface area contributed by atoms with E-state index in [2.05, 4.69) is 6.92 Å². The molecule has 0 aromatic rings. The van der Waals surface area contributed by atoms with Crippen LogP contribution in [0.2, 0.25) is 0 Å². The monoisotopic (exact) mass is 99.1 g/mol. The molecule has 0 unspecified atom stereocenters. The van der Waals surface area contributed by atoms with E-state index in [9.17, 15) is 0 Å². The van der Waals surface area contributed by atoms with Crippen molar-refractivity contribution >= 4 is 8.41 Å². The van der Waals surface area contributed by atoms with E-state index in [0.717, 1.165) is 12.8 Å². The van der Waals surface area contributed by atoms with Crippen molar-refractivity contribution in [3.63, 3.8) is 0 Å². The fraction of sp³-hybridized carbons (Fsp3) is 1.00. The van der Waals surface area contributed by atoms with Crippen molar-refractivity contribution in [3.05, 3.63) is 0 Å². The lowest BCUT2D eigenvalue weighted by molar-refractivity contribution is 0.284. The molecule has 2 heteroatoms. The van der Waals surface area contributed by atoms with Gasteiger partial charge in [0, 0.05) is 15.0 Å². The highest BCUT2D eigenvalue weighted by molar-refractivity contribution is 5.75. The summed E-state index contributed by atoms with van der Waals surface area (Å²) in [4.78, 5) is 0. The number of aliphatic hydroxyl groups excluding tert-OH is 1. The van der Waals surface area contributed by atoms with Gasteiger partial charge in [0.2, 0.25) is 0 Å². The summed E-state index contributed by atoms with van der Waals surface area (Å²) in [6, 6.07) is 0. The summed E-state index contributed by atoms with van der Waals surface area (Å²) in [5.41, 5.74) is 0. The summed E-state index contributed by atoms with van der Waals surface area (Å²) >= 11 is 0. The minimum atomic E-state index is 0. The summed E-state index contributed by atoms with van der Waals surface area (Å²) in [6.45, 7) is 2.48. The summed E-state index contributed by atoms with van der Waals surface area (Å²) < 4.78 is 0. The van der Waals surface area contributed by atoms with Crippen LogP contribution in [0.1, 0.15) is 26.2 Å². The van der Waals surface area contributed by atoms with E-state index in [-0.39, 0.29) is 8.41 Å². The third-order valence-corrected chi connectivity index (χ3v) is 0.762. The zero-order valence-corrected chi connectivity index (χ0v) is 4.85. The van der Waals surface area contributed by atoms with Crippen LogP contribution in [-0.2, 0) is 0 Å². The van der Waals surface area contributed by atoms with Gasteiger partial charge >= 0.3 is 0 Å². The van der Waals surface area contributed by atoms with Gasteiger partial charge in [-0.1, -0.05) is 19.8 Å². The Labute approximate surface area is 47.3 Å². The number of hydrogen-bond acceptors (Lipinski definition) is 1. The molecule has 0 amide bonds. The predicted octanol–water partition coefficient (Wildman–Crippen LogP) is 0.788. The summed E-state index contributed by atoms with van der Waals surface area (Å²) in [5.74, 6) is 0. The molecule has 3 radical (unpaired) electrons. The zero-order valence-electron chi connectivity index (χ0n) is 4.85. The maximum Gasteiger partial charge on any atom is 0.0431 e. The molecular weight excluding hydrogens is 86.9 g/mol. The maximum absolute atomic E-state index is 8.20. The Balaban J connectivity index is 0. The summed E-state index contributed by atoms with van der Waals surface area (Å²) in [5, 5.41) is 8.20. The zero-order chi connectivity index (χ0) is 4.83. The second-order valence-electron chi connectivity index (χ2n) is 1.43. The van der Waals surface area contributed by atoms with Crippen LogP contribution in [0.25, 0.3) is 0 Å². The van der Waals surface area contributed by atoms with Gasteiger partial charge in [0.1, 0.15) is 0 Å². The van der Waals surface area contributed by atoms with Gasteiger partial charge in [-0.3, -0.25) is 0 Å². The second-order valence-corrected chi connectivity index (χ2v) is 1.43. The van der Waals surface area contributed by atoms with Crippen LogP contribution < -0.4 is 0 Å². The van der Waals surface area contributed by atoms with Gasteiger partial charge in [0.25, 0.3) is 0 Å². The Morgan fingerprint density at radius 1 is 1.29 bits per heavy atom. The van der Waals surface area contributed by atoms with Crippen molar-refractivity contribution in [1.29, 1.82) is 0 Å². The molecule has 1 nitrogen and oxygen atoms in total.